The van der Waals surface area contributed by atoms with Gasteiger partial charge in [0.2, 0.25) is 0 Å². The molecule has 14 heavy (non-hydrogen) atoms. The molecule has 1 aromatic carbocycles. The summed E-state index contributed by atoms with van der Waals surface area (Å²) in [6, 6.07) is 3.04. The second-order valence-corrected chi connectivity index (χ2v) is 3.31. The van der Waals surface area contributed by atoms with E-state index in [-0.39, 0.29) is 22.4 Å². The first-order valence-corrected chi connectivity index (χ1v) is 4.25. The van der Waals surface area contributed by atoms with E-state index in [1.54, 1.807) is 0 Å². The molecule has 0 bridgehead atoms. The van der Waals surface area contributed by atoms with Gasteiger partial charge in [-0.25, -0.2) is 4.39 Å². The molecule has 0 saturated carbocycles. The van der Waals surface area contributed by atoms with Crippen LogP contribution in [0.15, 0.2) is 22.7 Å². The van der Waals surface area contributed by atoms with Crippen LogP contribution >= 0.6 is 28.3 Å². The van der Waals surface area contributed by atoms with Crippen molar-refractivity contribution < 1.29 is 14.3 Å². The molecular weight excluding hydrogens is 276 g/mol. The van der Waals surface area contributed by atoms with Gasteiger partial charge in [-0.2, -0.15) is 0 Å². The van der Waals surface area contributed by atoms with Crippen LogP contribution in [0.25, 0.3) is 0 Å². The number of carboxylic acids is 1. The van der Waals surface area contributed by atoms with Gasteiger partial charge in [-0.05, 0) is 22.0 Å². The summed E-state index contributed by atoms with van der Waals surface area (Å²) < 4.78 is 13.4. The highest BCUT2D eigenvalue weighted by Gasteiger charge is 2.19. The zero-order chi connectivity index (χ0) is 10.0. The van der Waals surface area contributed by atoms with Gasteiger partial charge in [-0.1, -0.05) is 12.1 Å². The van der Waals surface area contributed by atoms with Crippen molar-refractivity contribution in [3.8, 4) is 0 Å². The minimum Gasteiger partial charge on any atom is -0.480 e. The van der Waals surface area contributed by atoms with Crippen molar-refractivity contribution in [2.24, 2.45) is 5.73 Å². The number of carboxylic acid groups (broad SMARTS) is 1. The lowest BCUT2D eigenvalue weighted by Gasteiger charge is -2.08. The van der Waals surface area contributed by atoms with Crippen LogP contribution in [0.3, 0.4) is 0 Å². The Hall–Kier alpha value is -0.650. The maximum Gasteiger partial charge on any atom is 0.325 e. The van der Waals surface area contributed by atoms with E-state index in [9.17, 15) is 9.18 Å². The van der Waals surface area contributed by atoms with Crippen LogP contribution in [0.4, 0.5) is 4.39 Å². The van der Waals surface area contributed by atoms with Crippen LogP contribution < -0.4 is 5.73 Å². The molecule has 0 unspecified atom stereocenters. The highest BCUT2D eigenvalue weighted by molar-refractivity contribution is 9.10. The number of rotatable bonds is 2. The fraction of sp³-hybridized carbons (Fsp3) is 0.125. The molecule has 3 N–H and O–H groups in total. The summed E-state index contributed by atoms with van der Waals surface area (Å²) in [6.07, 6.45) is 0. The van der Waals surface area contributed by atoms with Crippen molar-refractivity contribution in [1.29, 1.82) is 0 Å². The van der Waals surface area contributed by atoms with Gasteiger partial charge in [0.1, 0.15) is 11.9 Å². The van der Waals surface area contributed by atoms with Crippen molar-refractivity contribution in [2.75, 3.05) is 0 Å². The summed E-state index contributed by atoms with van der Waals surface area (Å²) >= 11 is 2.94. The highest BCUT2D eigenvalue weighted by atomic mass is 79.9. The first-order chi connectivity index (χ1) is 6.04. The highest BCUT2D eigenvalue weighted by Crippen LogP contribution is 2.22. The zero-order valence-corrected chi connectivity index (χ0v) is 9.31. The van der Waals surface area contributed by atoms with Crippen molar-refractivity contribution >= 4 is 34.3 Å². The maximum absolute atomic E-state index is 13.2. The third kappa shape index (κ3) is 2.67. The molecule has 1 rings (SSSR count). The van der Waals surface area contributed by atoms with Crippen molar-refractivity contribution in [3.05, 3.63) is 34.1 Å². The van der Waals surface area contributed by atoms with Crippen molar-refractivity contribution in [1.82, 2.24) is 0 Å². The Morgan fingerprint density at radius 2 is 2.14 bits per heavy atom. The molecule has 1 atom stereocenters. The molecule has 0 radical (unpaired) electrons. The van der Waals surface area contributed by atoms with E-state index in [0.717, 1.165) is 0 Å². The number of hydrogen-bond acceptors (Lipinski definition) is 2. The van der Waals surface area contributed by atoms with Gasteiger partial charge in [0.25, 0.3) is 0 Å². The molecule has 0 aliphatic rings. The van der Waals surface area contributed by atoms with Gasteiger partial charge in [0.05, 0.1) is 4.47 Å². The molecule has 0 spiro atoms. The van der Waals surface area contributed by atoms with Crippen molar-refractivity contribution in [3.63, 3.8) is 0 Å². The second kappa shape index (κ2) is 5.29. The van der Waals surface area contributed by atoms with Crippen LogP contribution in [-0.2, 0) is 4.79 Å². The molecular formula is C8H8BrClFNO2. The lowest BCUT2D eigenvalue weighted by atomic mass is 10.1. The number of aliphatic carboxylic acids is 1. The molecule has 0 fully saturated rings. The van der Waals surface area contributed by atoms with Gasteiger partial charge in [0, 0.05) is 5.56 Å². The Morgan fingerprint density at radius 3 is 2.64 bits per heavy atom. The first kappa shape index (κ1) is 13.4. The quantitative estimate of drug-likeness (QED) is 0.874. The van der Waals surface area contributed by atoms with Crippen LogP contribution in [0.5, 0.6) is 0 Å². The third-order valence-electron chi connectivity index (χ3n) is 1.58. The number of halogens is 3. The van der Waals surface area contributed by atoms with Crippen molar-refractivity contribution in [2.45, 2.75) is 6.04 Å². The van der Waals surface area contributed by atoms with E-state index < -0.39 is 17.8 Å². The molecule has 6 heteroatoms. The second-order valence-electron chi connectivity index (χ2n) is 2.46. The van der Waals surface area contributed by atoms with Crippen LogP contribution in [0, 0.1) is 5.82 Å². The smallest absolute Gasteiger partial charge is 0.325 e. The van der Waals surface area contributed by atoms with E-state index in [4.69, 9.17) is 10.8 Å². The van der Waals surface area contributed by atoms with E-state index in [2.05, 4.69) is 15.9 Å². The molecule has 3 nitrogen and oxygen atoms in total. The normalized spacial score (nSPS) is 11.6. The Kier molecular flexibility index (Phi) is 5.04. The molecule has 0 aliphatic carbocycles. The average Bonchev–Trinajstić information content (AvgIpc) is 2.08. The molecule has 0 heterocycles. The SMILES string of the molecule is Cl.N[C@H](C(=O)O)c1cccc(Br)c1F. The summed E-state index contributed by atoms with van der Waals surface area (Å²) in [5.41, 5.74) is 5.22. The van der Waals surface area contributed by atoms with E-state index in [1.165, 1.54) is 18.2 Å². The first-order valence-electron chi connectivity index (χ1n) is 3.46. The maximum atomic E-state index is 13.2. The van der Waals surface area contributed by atoms with Gasteiger partial charge < -0.3 is 10.8 Å². The van der Waals surface area contributed by atoms with Gasteiger partial charge in [0.15, 0.2) is 0 Å². The number of carbonyl (C=O) groups is 1. The topological polar surface area (TPSA) is 63.3 Å². The van der Waals surface area contributed by atoms with Crippen LogP contribution in [0.2, 0.25) is 0 Å². The Labute approximate surface area is 94.6 Å². The Balaban J connectivity index is 0.00000169. The molecule has 0 aliphatic heterocycles. The third-order valence-corrected chi connectivity index (χ3v) is 2.20. The lowest BCUT2D eigenvalue weighted by Crippen LogP contribution is -2.21. The lowest BCUT2D eigenvalue weighted by molar-refractivity contribution is -0.138. The van der Waals surface area contributed by atoms with E-state index in [1.807, 2.05) is 0 Å². The predicted octanol–water partition coefficient (Wildman–Crippen LogP) is 2.09. The van der Waals surface area contributed by atoms with E-state index >= 15 is 0 Å². The summed E-state index contributed by atoms with van der Waals surface area (Å²) in [6.45, 7) is 0. The van der Waals surface area contributed by atoms with Gasteiger partial charge >= 0.3 is 5.97 Å². The van der Waals surface area contributed by atoms with Crippen LogP contribution in [-0.4, -0.2) is 11.1 Å². The Bertz CT molecular complexity index is 348. The predicted molar refractivity (Wildman–Crippen MR) is 55.9 cm³/mol. The zero-order valence-electron chi connectivity index (χ0n) is 6.91. The minimum absolute atomic E-state index is 0. The van der Waals surface area contributed by atoms with Gasteiger partial charge in [-0.15, -0.1) is 12.4 Å². The number of hydrogen-bond donors (Lipinski definition) is 2. The molecule has 0 amide bonds. The van der Waals surface area contributed by atoms with E-state index in [0.29, 0.717) is 0 Å². The molecule has 1 aromatic rings. The average molecular weight is 285 g/mol. The largest absolute Gasteiger partial charge is 0.480 e. The minimum atomic E-state index is -1.32. The standard InChI is InChI=1S/C8H7BrFNO2.ClH/c9-5-3-1-2-4(6(5)10)7(11)8(12)13;/h1-3,7H,11H2,(H,12,13);1H/t7-;/m0./s1. The fourth-order valence-corrected chi connectivity index (χ4v) is 1.28. The monoisotopic (exact) mass is 283 g/mol. The van der Waals surface area contributed by atoms with Crippen LogP contribution in [0.1, 0.15) is 11.6 Å². The summed E-state index contributed by atoms with van der Waals surface area (Å²) in [5.74, 6) is -1.88. The Morgan fingerprint density at radius 1 is 1.57 bits per heavy atom. The molecule has 0 aromatic heterocycles. The molecule has 78 valence electrons. The fourth-order valence-electron chi connectivity index (χ4n) is 0.894. The summed E-state index contributed by atoms with van der Waals surface area (Å²) in [7, 11) is 0. The summed E-state index contributed by atoms with van der Waals surface area (Å²) in [4.78, 5) is 10.5. The number of nitrogens with two attached hydrogens (primary N) is 1. The summed E-state index contributed by atoms with van der Waals surface area (Å²) in [5, 5.41) is 8.54. The number of benzene rings is 1. The molecule has 0 saturated heterocycles. The van der Waals surface area contributed by atoms with Gasteiger partial charge in [-0.3, -0.25) is 4.79 Å².